The van der Waals surface area contributed by atoms with Gasteiger partial charge >= 0.3 is 5.97 Å². The maximum atomic E-state index is 12.8. The van der Waals surface area contributed by atoms with Crippen LogP contribution in [-0.4, -0.2) is 31.2 Å². The van der Waals surface area contributed by atoms with E-state index >= 15 is 0 Å². The van der Waals surface area contributed by atoms with Gasteiger partial charge in [-0.05, 0) is 53.1 Å². The number of carboxylic acid groups (broad SMARTS) is 1. The average molecular weight is 536 g/mol. The van der Waals surface area contributed by atoms with E-state index in [4.69, 9.17) is 14.2 Å². The van der Waals surface area contributed by atoms with E-state index in [1.54, 1.807) is 0 Å². The van der Waals surface area contributed by atoms with Gasteiger partial charge in [0.1, 0.15) is 29.1 Å². The Balaban J connectivity index is 1.39. The molecule has 39 heavy (non-hydrogen) atoms. The molecule has 1 N–H and O–H groups in total. The minimum Gasteiger partial charge on any atom is -0.489 e. The molecule has 3 heterocycles. The zero-order valence-electron chi connectivity index (χ0n) is 20.5. The van der Waals surface area contributed by atoms with Crippen molar-refractivity contribution in [2.75, 3.05) is 6.79 Å². The first-order valence-corrected chi connectivity index (χ1v) is 13.0. The molecule has 0 fully saturated rings. The van der Waals surface area contributed by atoms with Crippen molar-refractivity contribution in [3.63, 3.8) is 0 Å². The van der Waals surface area contributed by atoms with Crippen LogP contribution in [0.2, 0.25) is 0 Å². The van der Waals surface area contributed by atoms with E-state index in [2.05, 4.69) is 8.75 Å². The molecule has 0 unspecified atom stereocenters. The highest BCUT2D eigenvalue weighted by molar-refractivity contribution is 7.00. The van der Waals surface area contributed by atoms with Crippen molar-refractivity contribution in [3.05, 3.63) is 102 Å². The van der Waals surface area contributed by atoms with Crippen LogP contribution in [0.25, 0.3) is 33.1 Å². The number of carbonyl (C=O) groups is 1. The number of hydrogen-bond acceptors (Lipinski definition) is 7. The van der Waals surface area contributed by atoms with E-state index in [9.17, 15) is 9.90 Å². The van der Waals surface area contributed by atoms with E-state index in [-0.39, 0.29) is 12.5 Å². The first-order chi connectivity index (χ1) is 19.1. The molecule has 4 aromatic carbocycles. The Morgan fingerprint density at radius 1 is 0.897 bits per heavy atom. The fourth-order valence-electron chi connectivity index (χ4n) is 5.00. The second-order valence-corrected chi connectivity index (χ2v) is 9.75. The molecule has 0 spiro atoms. The lowest BCUT2D eigenvalue weighted by Crippen LogP contribution is -2.10. The maximum absolute atomic E-state index is 12.8. The summed E-state index contributed by atoms with van der Waals surface area (Å²) in [4.78, 5) is 12.8. The molecule has 0 atom stereocenters. The number of aromatic nitrogens is 3. The van der Waals surface area contributed by atoms with Gasteiger partial charge in [0.25, 0.3) is 0 Å². The van der Waals surface area contributed by atoms with Crippen molar-refractivity contribution < 1.29 is 24.1 Å². The zero-order valence-corrected chi connectivity index (χ0v) is 21.4. The van der Waals surface area contributed by atoms with E-state index < -0.39 is 5.97 Å². The van der Waals surface area contributed by atoms with Crippen molar-refractivity contribution in [2.24, 2.45) is 0 Å². The first kappa shape index (κ1) is 23.2. The van der Waals surface area contributed by atoms with Crippen molar-refractivity contribution >= 4 is 39.6 Å². The highest BCUT2D eigenvalue weighted by atomic mass is 32.1. The van der Waals surface area contributed by atoms with Crippen molar-refractivity contribution in [1.29, 1.82) is 0 Å². The molecule has 0 amide bonds. The van der Waals surface area contributed by atoms with Crippen molar-refractivity contribution in [2.45, 2.75) is 13.2 Å². The van der Waals surface area contributed by atoms with Crippen molar-refractivity contribution in [3.8, 4) is 28.4 Å². The number of nitrogens with zero attached hydrogens (tertiary/aromatic N) is 3. The Morgan fingerprint density at radius 2 is 1.74 bits per heavy atom. The molecule has 2 aromatic heterocycles. The highest BCUT2D eigenvalue weighted by Gasteiger charge is 2.25. The molecule has 0 saturated carbocycles. The second-order valence-electron chi connectivity index (χ2n) is 9.22. The molecule has 8 nitrogen and oxygen atoms in total. The summed E-state index contributed by atoms with van der Waals surface area (Å²) >= 11 is 1.13. The molecule has 6 aromatic rings. The number of carboxylic acids is 1. The van der Waals surface area contributed by atoms with Gasteiger partial charge in [0, 0.05) is 23.6 Å². The quantitative estimate of drug-likeness (QED) is 0.254. The minimum absolute atomic E-state index is 0.172. The summed E-state index contributed by atoms with van der Waals surface area (Å²) in [6.07, 6.45) is 0. The van der Waals surface area contributed by atoms with Gasteiger partial charge in [-0.2, -0.15) is 8.75 Å². The third kappa shape index (κ3) is 4.22. The predicted octanol–water partition coefficient (Wildman–Crippen LogP) is 6.37. The largest absolute Gasteiger partial charge is 0.489 e. The van der Waals surface area contributed by atoms with Gasteiger partial charge in [0.15, 0.2) is 11.5 Å². The number of benzene rings is 4. The summed E-state index contributed by atoms with van der Waals surface area (Å²) < 4.78 is 27.6. The number of rotatable bonds is 7. The molecule has 9 heteroatoms. The highest BCUT2D eigenvalue weighted by Crippen LogP contribution is 2.39. The monoisotopic (exact) mass is 535 g/mol. The summed E-state index contributed by atoms with van der Waals surface area (Å²) in [6, 6.07) is 27.0. The molecule has 0 bridgehead atoms. The van der Waals surface area contributed by atoms with Crippen LogP contribution in [0.1, 0.15) is 21.6 Å². The minimum atomic E-state index is -1.02. The van der Waals surface area contributed by atoms with Gasteiger partial charge in [-0.1, -0.05) is 42.5 Å². The standard InChI is InChI=1S/C30H21N3O5S/c34-30(35)29-28(20-7-10-23-24(13-20)32-39-31-23)22-9-8-21(36-16-18-4-2-1-3-5-18)14-25(22)33(29)15-19-6-11-26-27(12-19)38-17-37-26/h1-14H,15-17H2,(H,34,35). The van der Waals surface area contributed by atoms with Crippen LogP contribution in [0.4, 0.5) is 0 Å². The molecule has 0 aliphatic carbocycles. The normalized spacial score (nSPS) is 12.3. The number of ether oxygens (including phenoxy) is 3. The Bertz CT molecular complexity index is 1860. The SMILES string of the molecule is O=C(O)c1c(-c2ccc3nsnc3c2)c2ccc(OCc3ccccc3)cc2n1Cc1ccc2c(c1)OCO2. The van der Waals surface area contributed by atoms with Gasteiger partial charge in [-0.15, -0.1) is 0 Å². The number of aromatic carboxylic acids is 1. The summed E-state index contributed by atoms with van der Waals surface area (Å²) in [7, 11) is 0. The molecular weight excluding hydrogens is 514 g/mol. The average Bonchev–Trinajstić information content (AvgIpc) is 3.69. The summed E-state index contributed by atoms with van der Waals surface area (Å²) in [5, 5.41) is 11.3. The Hall–Kier alpha value is -4.89. The van der Waals surface area contributed by atoms with E-state index in [1.807, 2.05) is 89.5 Å². The Kier molecular flexibility index (Phi) is 5.63. The van der Waals surface area contributed by atoms with Crippen LogP contribution in [0.5, 0.6) is 17.2 Å². The fourth-order valence-corrected chi connectivity index (χ4v) is 5.52. The van der Waals surface area contributed by atoms with Crippen LogP contribution >= 0.6 is 11.7 Å². The third-order valence-corrected chi connectivity index (χ3v) is 7.36. The molecule has 7 rings (SSSR count). The van der Waals surface area contributed by atoms with Crippen LogP contribution in [-0.2, 0) is 13.2 Å². The Labute approximate surface area is 226 Å². The third-order valence-electron chi connectivity index (χ3n) is 6.81. The van der Waals surface area contributed by atoms with Crippen LogP contribution in [0, 0.1) is 0 Å². The van der Waals surface area contributed by atoms with E-state index in [0.29, 0.717) is 36.0 Å². The summed E-state index contributed by atoms with van der Waals surface area (Å²) in [5.74, 6) is 0.954. The molecule has 0 radical (unpaired) electrons. The number of hydrogen-bond donors (Lipinski definition) is 1. The van der Waals surface area contributed by atoms with Gasteiger partial charge in [-0.3, -0.25) is 0 Å². The van der Waals surface area contributed by atoms with Gasteiger partial charge in [-0.25, -0.2) is 4.79 Å². The molecular formula is C30H21N3O5S. The van der Waals surface area contributed by atoms with E-state index in [0.717, 1.165) is 50.4 Å². The lowest BCUT2D eigenvalue weighted by Gasteiger charge is -2.11. The fraction of sp³-hybridized carbons (Fsp3) is 0.100. The smallest absolute Gasteiger partial charge is 0.353 e. The summed E-state index contributed by atoms with van der Waals surface area (Å²) in [6.45, 7) is 0.893. The van der Waals surface area contributed by atoms with Crippen LogP contribution < -0.4 is 14.2 Å². The van der Waals surface area contributed by atoms with Crippen LogP contribution in [0.15, 0.2) is 84.9 Å². The molecule has 0 saturated heterocycles. The zero-order chi connectivity index (χ0) is 26.3. The van der Waals surface area contributed by atoms with Crippen molar-refractivity contribution in [1.82, 2.24) is 13.3 Å². The topological polar surface area (TPSA) is 95.7 Å². The lowest BCUT2D eigenvalue weighted by atomic mass is 10.0. The Morgan fingerprint density at radius 3 is 2.62 bits per heavy atom. The molecule has 1 aliphatic heterocycles. The predicted molar refractivity (Wildman–Crippen MR) is 148 cm³/mol. The van der Waals surface area contributed by atoms with Gasteiger partial charge in [0.2, 0.25) is 6.79 Å². The lowest BCUT2D eigenvalue weighted by molar-refractivity contribution is 0.0687. The number of fused-ring (bicyclic) bond motifs is 3. The van der Waals surface area contributed by atoms with Crippen LogP contribution in [0.3, 0.4) is 0 Å². The molecule has 192 valence electrons. The second kappa shape index (κ2) is 9.45. The molecule has 1 aliphatic rings. The van der Waals surface area contributed by atoms with Gasteiger partial charge < -0.3 is 23.9 Å². The van der Waals surface area contributed by atoms with E-state index in [1.165, 1.54) is 0 Å². The maximum Gasteiger partial charge on any atom is 0.353 e. The van der Waals surface area contributed by atoms with Gasteiger partial charge in [0.05, 0.1) is 17.2 Å². The summed E-state index contributed by atoms with van der Waals surface area (Å²) in [5.41, 5.74) is 5.77. The first-order valence-electron chi connectivity index (χ1n) is 12.3.